The van der Waals surface area contributed by atoms with Crippen molar-refractivity contribution in [2.75, 3.05) is 21.3 Å². The molecule has 0 bridgehead atoms. The van der Waals surface area contributed by atoms with Gasteiger partial charge in [0.1, 0.15) is 0 Å². The number of methoxy groups -OCH3 is 2. The molecule has 0 aliphatic rings. The number of primary sulfonamides is 1. The van der Waals surface area contributed by atoms with Crippen molar-refractivity contribution < 1.29 is 22.7 Å². The first-order chi connectivity index (χ1) is 12.2. The lowest BCUT2D eigenvalue weighted by Crippen LogP contribution is -2.30. The minimum atomic E-state index is -3.75. The summed E-state index contributed by atoms with van der Waals surface area (Å²) >= 11 is 0. The van der Waals surface area contributed by atoms with Crippen molar-refractivity contribution in [3.8, 4) is 11.5 Å². The molecule has 7 nitrogen and oxygen atoms in total. The van der Waals surface area contributed by atoms with Crippen LogP contribution in [0.2, 0.25) is 0 Å². The fourth-order valence-corrected chi connectivity index (χ4v) is 3.10. The zero-order valence-corrected chi connectivity index (χ0v) is 15.9. The third-order valence-corrected chi connectivity index (χ3v) is 5.15. The van der Waals surface area contributed by atoms with Gasteiger partial charge in [0.05, 0.1) is 30.7 Å². The lowest BCUT2D eigenvalue weighted by atomic mass is 10.1. The van der Waals surface area contributed by atoms with Gasteiger partial charge in [0.15, 0.2) is 11.5 Å². The summed E-state index contributed by atoms with van der Waals surface area (Å²) in [6.45, 7) is 1.84. The van der Waals surface area contributed by atoms with Crippen LogP contribution in [0.15, 0.2) is 47.4 Å². The van der Waals surface area contributed by atoms with Crippen LogP contribution in [0.3, 0.4) is 0 Å². The number of sulfonamides is 1. The van der Waals surface area contributed by atoms with Crippen LogP contribution in [0.5, 0.6) is 11.5 Å². The monoisotopic (exact) mass is 378 g/mol. The molecule has 0 spiro atoms. The maximum absolute atomic E-state index is 12.9. The van der Waals surface area contributed by atoms with Crippen LogP contribution in [-0.2, 0) is 10.0 Å². The van der Waals surface area contributed by atoms with Crippen molar-refractivity contribution in [3.63, 3.8) is 0 Å². The average molecular weight is 378 g/mol. The zero-order chi connectivity index (χ0) is 19.5. The Kier molecular flexibility index (Phi) is 5.89. The second-order valence-electron chi connectivity index (χ2n) is 5.75. The maximum atomic E-state index is 12.9. The van der Waals surface area contributed by atoms with Crippen LogP contribution >= 0.6 is 0 Å². The van der Waals surface area contributed by atoms with E-state index in [-0.39, 0.29) is 16.8 Å². The van der Waals surface area contributed by atoms with Crippen LogP contribution in [0.25, 0.3) is 0 Å². The van der Waals surface area contributed by atoms with Gasteiger partial charge in [0, 0.05) is 7.05 Å². The summed E-state index contributed by atoms with van der Waals surface area (Å²) in [4.78, 5) is 14.5. The standard InChI is InChI=1S/C18H22N2O5S/c1-12(13-8-10-14(11-9-13)26(19,22)23)20(2)18(21)15-6-5-7-16(24-3)17(15)25-4/h5-12H,1-4H3,(H2,19,22,23). The van der Waals surface area contributed by atoms with Gasteiger partial charge in [0.25, 0.3) is 5.91 Å². The molecule has 2 aromatic rings. The number of hydrogen-bond donors (Lipinski definition) is 1. The number of carbonyl (C=O) groups is 1. The number of nitrogens with zero attached hydrogens (tertiary/aromatic N) is 1. The molecular weight excluding hydrogens is 356 g/mol. The lowest BCUT2D eigenvalue weighted by Gasteiger charge is -2.26. The molecule has 0 aliphatic heterocycles. The van der Waals surface area contributed by atoms with Crippen LogP contribution < -0.4 is 14.6 Å². The highest BCUT2D eigenvalue weighted by Crippen LogP contribution is 2.32. The Balaban J connectivity index is 2.31. The number of carbonyl (C=O) groups excluding carboxylic acids is 1. The Hall–Kier alpha value is -2.58. The highest BCUT2D eigenvalue weighted by Gasteiger charge is 2.24. The molecule has 8 heteroatoms. The molecule has 1 atom stereocenters. The number of rotatable bonds is 6. The molecule has 2 rings (SSSR count). The Morgan fingerprint density at radius 2 is 1.69 bits per heavy atom. The highest BCUT2D eigenvalue weighted by atomic mass is 32.2. The summed E-state index contributed by atoms with van der Waals surface area (Å²) in [5.74, 6) is 0.587. The SMILES string of the molecule is COc1cccc(C(=O)N(C)C(C)c2ccc(S(N)(=O)=O)cc2)c1OC. The van der Waals surface area contributed by atoms with Crippen molar-refractivity contribution >= 4 is 15.9 Å². The van der Waals surface area contributed by atoms with E-state index in [0.29, 0.717) is 17.1 Å². The Labute approximate surface area is 153 Å². The quantitative estimate of drug-likeness (QED) is 0.831. The predicted octanol–water partition coefficient (Wildman–Crippen LogP) is 2.18. The van der Waals surface area contributed by atoms with E-state index >= 15 is 0 Å². The second kappa shape index (κ2) is 7.76. The molecule has 1 amide bonds. The first-order valence-corrected chi connectivity index (χ1v) is 9.36. The van der Waals surface area contributed by atoms with Crippen molar-refractivity contribution in [1.29, 1.82) is 0 Å². The van der Waals surface area contributed by atoms with Gasteiger partial charge in [0.2, 0.25) is 10.0 Å². The van der Waals surface area contributed by atoms with E-state index in [1.165, 1.54) is 26.4 Å². The first-order valence-electron chi connectivity index (χ1n) is 7.81. The molecular formula is C18H22N2O5S. The number of amides is 1. The topological polar surface area (TPSA) is 98.9 Å². The van der Waals surface area contributed by atoms with Crippen molar-refractivity contribution in [1.82, 2.24) is 4.90 Å². The Morgan fingerprint density at radius 3 is 2.19 bits per heavy atom. The van der Waals surface area contributed by atoms with Crippen LogP contribution in [0.1, 0.15) is 28.9 Å². The summed E-state index contributed by atoms with van der Waals surface area (Å²) in [5.41, 5.74) is 1.15. The van der Waals surface area contributed by atoms with Crippen LogP contribution in [0.4, 0.5) is 0 Å². The molecule has 0 fully saturated rings. The van der Waals surface area contributed by atoms with E-state index in [4.69, 9.17) is 14.6 Å². The minimum absolute atomic E-state index is 0.0249. The van der Waals surface area contributed by atoms with Gasteiger partial charge in [-0.2, -0.15) is 0 Å². The molecule has 26 heavy (non-hydrogen) atoms. The molecule has 140 valence electrons. The summed E-state index contributed by atoms with van der Waals surface area (Å²) in [7, 11) is 0.895. The van der Waals surface area contributed by atoms with Crippen molar-refractivity contribution in [2.45, 2.75) is 17.9 Å². The Morgan fingerprint density at radius 1 is 1.08 bits per heavy atom. The molecule has 2 N–H and O–H groups in total. The Bertz CT molecular complexity index is 894. The van der Waals surface area contributed by atoms with E-state index in [2.05, 4.69) is 0 Å². The van der Waals surface area contributed by atoms with Gasteiger partial charge >= 0.3 is 0 Å². The summed E-state index contributed by atoms with van der Waals surface area (Å²) < 4.78 is 33.3. The number of hydrogen-bond acceptors (Lipinski definition) is 5. The smallest absolute Gasteiger partial charge is 0.258 e. The van der Waals surface area contributed by atoms with Crippen LogP contribution in [-0.4, -0.2) is 40.5 Å². The normalized spacial score (nSPS) is 12.3. The van der Waals surface area contributed by atoms with E-state index in [0.717, 1.165) is 5.56 Å². The van der Waals surface area contributed by atoms with Gasteiger partial charge < -0.3 is 14.4 Å². The molecule has 0 heterocycles. The number of para-hydroxylation sites is 1. The van der Waals surface area contributed by atoms with Gasteiger partial charge in [-0.25, -0.2) is 13.6 Å². The molecule has 2 aromatic carbocycles. The maximum Gasteiger partial charge on any atom is 0.258 e. The van der Waals surface area contributed by atoms with Gasteiger partial charge in [-0.3, -0.25) is 4.79 Å². The van der Waals surface area contributed by atoms with Gasteiger partial charge in [-0.15, -0.1) is 0 Å². The molecule has 0 saturated heterocycles. The molecule has 0 aromatic heterocycles. The van der Waals surface area contributed by atoms with E-state index in [1.54, 1.807) is 42.3 Å². The minimum Gasteiger partial charge on any atom is -0.493 e. The zero-order valence-electron chi connectivity index (χ0n) is 15.1. The third-order valence-electron chi connectivity index (χ3n) is 4.23. The van der Waals surface area contributed by atoms with Gasteiger partial charge in [-0.1, -0.05) is 18.2 Å². The highest BCUT2D eigenvalue weighted by molar-refractivity contribution is 7.89. The summed E-state index contributed by atoms with van der Waals surface area (Å²) in [5, 5.41) is 5.11. The van der Waals surface area contributed by atoms with E-state index in [9.17, 15) is 13.2 Å². The fraction of sp³-hybridized carbons (Fsp3) is 0.278. The van der Waals surface area contributed by atoms with Crippen molar-refractivity contribution in [2.24, 2.45) is 5.14 Å². The second-order valence-corrected chi connectivity index (χ2v) is 7.31. The summed E-state index contributed by atoms with van der Waals surface area (Å²) in [6, 6.07) is 10.9. The van der Waals surface area contributed by atoms with E-state index < -0.39 is 10.0 Å². The van der Waals surface area contributed by atoms with Crippen LogP contribution in [0, 0.1) is 0 Å². The molecule has 1 unspecified atom stereocenters. The average Bonchev–Trinajstić information content (AvgIpc) is 2.64. The van der Waals surface area contributed by atoms with Crippen molar-refractivity contribution in [3.05, 3.63) is 53.6 Å². The fourth-order valence-electron chi connectivity index (χ4n) is 2.58. The number of nitrogens with two attached hydrogens (primary N) is 1. The summed E-state index contributed by atoms with van der Waals surface area (Å²) in [6.07, 6.45) is 0. The lowest BCUT2D eigenvalue weighted by molar-refractivity contribution is 0.0738. The number of ether oxygens (including phenoxy) is 2. The van der Waals surface area contributed by atoms with E-state index in [1.807, 2.05) is 6.92 Å². The number of benzene rings is 2. The molecule has 0 radical (unpaired) electrons. The molecule has 0 saturated carbocycles. The predicted molar refractivity (Wildman–Crippen MR) is 97.9 cm³/mol. The van der Waals surface area contributed by atoms with Gasteiger partial charge in [-0.05, 0) is 36.8 Å². The first kappa shape index (κ1) is 19.7. The largest absolute Gasteiger partial charge is 0.493 e. The molecule has 0 aliphatic carbocycles. The third kappa shape index (κ3) is 3.97.